The van der Waals surface area contributed by atoms with E-state index < -0.39 is 0 Å². The first kappa shape index (κ1) is 27.8. The van der Waals surface area contributed by atoms with Crippen molar-refractivity contribution in [2.75, 3.05) is 0 Å². The summed E-state index contributed by atoms with van der Waals surface area (Å²) in [5.41, 5.74) is 10.6. The minimum atomic E-state index is 0.675. The highest BCUT2D eigenvalue weighted by atomic mass is 14.9. The lowest BCUT2D eigenvalue weighted by atomic mass is 9.99. The van der Waals surface area contributed by atoms with E-state index in [-0.39, 0.29) is 0 Å². The third-order valence-corrected chi connectivity index (χ3v) is 8.87. The number of pyridine rings is 2. The molecule has 0 saturated carbocycles. The zero-order valence-corrected chi connectivity index (χ0v) is 26.0. The number of benzene rings is 6. The Morgan fingerprint density at radius 3 is 1.58 bits per heavy atom. The predicted molar refractivity (Wildman–Crippen MR) is 197 cm³/mol. The number of hydrogen-bond donors (Lipinski definition) is 0. The Kier molecular flexibility index (Phi) is 6.76. The Morgan fingerprint density at radius 2 is 0.854 bits per heavy atom. The van der Waals surface area contributed by atoms with Crippen molar-refractivity contribution >= 4 is 32.6 Å². The monoisotopic (exact) mass is 612 g/mol. The SMILES string of the molecule is c1ccc(-c2cc(-c3ccc4ccc(-c5ccc6ccc(-c7cccc8ccccc78)nc6c5)cc4n3)nc(-c3ccccc3)n2)cc1. The van der Waals surface area contributed by atoms with E-state index >= 15 is 0 Å². The Bertz CT molecular complexity index is 2550. The largest absolute Gasteiger partial charge is 0.248 e. The van der Waals surface area contributed by atoms with Crippen molar-refractivity contribution in [2.24, 2.45) is 0 Å². The highest BCUT2D eigenvalue weighted by molar-refractivity contribution is 5.97. The van der Waals surface area contributed by atoms with Crippen molar-refractivity contribution in [3.63, 3.8) is 0 Å². The normalized spacial score (nSPS) is 11.3. The van der Waals surface area contributed by atoms with E-state index in [1.807, 2.05) is 60.7 Å². The molecule has 0 fully saturated rings. The molecule has 0 saturated heterocycles. The highest BCUT2D eigenvalue weighted by Gasteiger charge is 2.13. The lowest BCUT2D eigenvalue weighted by Crippen LogP contribution is -1.97. The van der Waals surface area contributed by atoms with E-state index in [0.29, 0.717) is 5.82 Å². The van der Waals surface area contributed by atoms with Gasteiger partial charge in [-0.05, 0) is 52.2 Å². The average molecular weight is 613 g/mol. The summed E-state index contributed by atoms with van der Waals surface area (Å²) in [6.07, 6.45) is 0. The number of aromatic nitrogens is 4. The van der Waals surface area contributed by atoms with E-state index in [9.17, 15) is 0 Å². The summed E-state index contributed by atoms with van der Waals surface area (Å²) in [5, 5.41) is 4.59. The zero-order chi connectivity index (χ0) is 31.9. The molecule has 9 aromatic rings. The van der Waals surface area contributed by atoms with Crippen LogP contribution in [0.2, 0.25) is 0 Å². The molecule has 4 heteroatoms. The summed E-state index contributed by atoms with van der Waals surface area (Å²) in [7, 11) is 0. The quantitative estimate of drug-likeness (QED) is 0.194. The Morgan fingerprint density at radius 1 is 0.292 bits per heavy atom. The average Bonchev–Trinajstić information content (AvgIpc) is 3.17. The summed E-state index contributed by atoms with van der Waals surface area (Å²) >= 11 is 0. The molecule has 3 aromatic heterocycles. The van der Waals surface area contributed by atoms with Gasteiger partial charge >= 0.3 is 0 Å². The molecule has 0 aliphatic carbocycles. The van der Waals surface area contributed by atoms with Crippen LogP contribution in [0.15, 0.2) is 170 Å². The first-order valence-corrected chi connectivity index (χ1v) is 16.1. The molecule has 0 bridgehead atoms. The summed E-state index contributed by atoms with van der Waals surface area (Å²) in [4.78, 5) is 20.2. The van der Waals surface area contributed by atoms with E-state index in [0.717, 1.165) is 72.4 Å². The fourth-order valence-corrected chi connectivity index (χ4v) is 6.39. The van der Waals surface area contributed by atoms with Crippen molar-refractivity contribution in [1.82, 2.24) is 19.9 Å². The van der Waals surface area contributed by atoms with E-state index in [4.69, 9.17) is 19.9 Å². The lowest BCUT2D eigenvalue weighted by Gasteiger charge is -2.11. The molecule has 4 nitrogen and oxygen atoms in total. The van der Waals surface area contributed by atoms with Gasteiger partial charge in [-0.15, -0.1) is 0 Å². The molecule has 0 atom stereocenters. The van der Waals surface area contributed by atoms with Crippen LogP contribution in [0.4, 0.5) is 0 Å². The first-order valence-electron chi connectivity index (χ1n) is 16.1. The van der Waals surface area contributed by atoms with Gasteiger partial charge in [0, 0.05) is 27.5 Å². The maximum absolute atomic E-state index is 5.14. The Labute approximate surface area is 278 Å². The first-order chi connectivity index (χ1) is 23.7. The van der Waals surface area contributed by atoms with Gasteiger partial charge in [0.15, 0.2) is 5.82 Å². The van der Waals surface area contributed by atoms with Crippen molar-refractivity contribution in [3.8, 4) is 56.4 Å². The summed E-state index contributed by atoms with van der Waals surface area (Å²) in [6.45, 7) is 0. The number of rotatable bonds is 5. The van der Waals surface area contributed by atoms with Crippen LogP contribution < -0.4 is 0 Å². The standard InChI is InChI=1S/C44H28N4/c1-3-11-30(12-4-1)42-28-43(48-44(47-42)33-13-5-2-6-14-33)39-25-23-32-19-21-35(27-41(32)46-39)34-20-18-31-22-24-38(45-40(31)26-34)37-17-9-15-29-10-7-8-16-36(29)37/h1-28H. The molecule has 224 valence electrons. The molecule has 0 aliphatic rings. The Hall–Kier alpha value is -6.52. The molecule has 0 spiro atoms. The van der Waals surface area contributed by atoms with Gasteiger partial charge in [-0.1, -0.05) is 140 Å². The maximum Gasteiger partial charge on any atom is 0.160 e. The second-order valence-corrected chi connectivity index (χ2v) is 11.9. The van der Waals surface area contributed by atoms with Gasteiger partial charge in [0.2, 0.25) is 0 Å². The number of hydrogen-bond acceptors (Lipinski definition) is 4. The fraction of sp³-hybridized carbons (Fsp3) is 0. The third kappa shape index (κ3) is 5.16. The van der Waals surface area contributed by atoms with Crippen LogP contribution in [0.5, 0.6) is 0 Å². The van der Waals surface area contributed by atoms with Gasteiger partial charge in [-0.25, -0.2) is 19.9 Å². The maximum atomic E-state index is 5.14. The highest BCUT2D eigenvalue weighted by Crippen LogP contribution is 2.32. The molecule has 0 N–H and O–H groups in total. The van der Waals surface area contributed by atoms with Gasteiger partial charge < -0.3 is 0 Å². The van der Waals surface area contributed by atoms with Crippen molar-refractivity contribution in [2.45, 2.75) is 0 Å². The topological polar surface area (TPSA) is 51.6 Å². The second kappa shape index (κ2) is 11.7. The molecule has 6 aromatic carbocycles. The van der Waals surface area contributed by atoms with Crippen molar-refractivity contribution in [1.29, 1.82) is 0 Å². The fourth-order valence-electron chi connectivity index (χ4n) is 6.39. The van der Waals surface area contributed by atoms with Gasteiger partial charge in [-0.3, -0.25) is 0 Å². The van der Waals surface area contributed by atoms with E-state index in [1.165, 1.54) is 10.8 Å². The van der Waals surface area contributed by atoms with Crippen LogP contribution in [-0.2, 0) is 0 Å². The van der Waals surface area contributed by atoms with Crippen LogP contribution in [-0.4, -0.2) is 19.9 Å². The summed E-state index contributed by atoms with van der Waals surface area (Å²) < 4.78 is 0. The van der Waals surface area contributed by atoms with Crippen LogP contribution in [0.3, 0.4) is 0 Å². The Balaban J connectivity index is 1.12. The lowest BCUT2D eigenvalue weighted by molar-refractivity contribution is 1.17. The molecule has 0 amide bonds. The molecular formula is C44H28N4. The van der Waals surface area contributed by atoms with Crippen LogP contribution >= 0.6 is 0 Å². The predicted octanol–water partition coefficient (Wildman–Crippen LogP) is 11.1. The number of nitrogens with zero attached hydrogens (tertiary/aromatic N) is 4. The van der Waals surface area contributed by atoms with Crippen LogP contribution in [0, 0.1) is 0 Å². The van der Waals surface area contributed by atoms with Gasteiger partial charge in [0.1, 0.15) is 0 Å². The van der Waals surface area contributed by atoms with Crippen molar-refractivity contribution < 1.29 is 0 Å². The summed E-state index contributed by atoms with van der Waals surface area (Å²) in [6, 6.07) is 58.6. The smallest absolute Gasteiger partial charge is 0.160 e. The summed E-state index contributed by atoms with van der Waals surface area (Å²) in [5.74, 6) is 0.675. The molecule has 0 aliphatic heterocycles. The van der Waals surface area contributed by atoms with E-state index in [2.05, 4.69) is 109 Å². The molecule has 3 heterocycles. The third-order valence-electron chi connectivity index (χ3n) is 8.87. The van der Waals surface area contributed by atoms with Gasteiger partial charge in [0.25, 0.3) is 0 Å². The minimum Gasteiger partial charge on any atom is -0.248 e. The molecule has 48 heavy (non-hydrogen) atoms. The molecule has 0 radical (unpaired) electrons. The van der Waals surface area contributed by atoms with Gasteiger partial charge in [-0.2, -0.15) is 0 Å². The van der Waals surface area contributed by atoms with Crippen LogP contribution in [0.25, 0.3) is 89.0 Å². The number of fused-ring (bicyclic) bond motifs is 3. The van der Waals surface area contributed by atoms with E-state index in [1.54, 1.807) is 0 Å². The van der Waals surface area contributed by atoms with Crippen LogP contribution in [0.1, 0.15) is 0 Å². The molecule has 0 unspecified atom stereocenters. The second-order valence-electron chi connectivity index (χ2n) is 11.9. The minimum absolute atomic E-state index is 0.675. The van der Waals surface area contributed by atoms with Crippen molar-refractivity contribution in [3.05, 3.63) is 170 Å². The molecular weight excluding hydrogens is 585 g/mol. The zero-order valence-electron chi connectivity index (χ0n) is 26.0. The van der Waals surface area contributed by atoms with Gasteiger partial charge in [0.05, 0.1) is 33.8 Å². The molecule has 9 rings (SSSR count).